The Hall–Kier alpha value is -2.08. The Morgan fingerprint density at radius 1 is 1.47 bits per heavy atom. The number of methoxy groups -OCH3 is 1. The van der Waals surface area contributed by atoms with Gasteiger partial charge in [-0.05, 0) is 18.2 Å². The molecule has 0 saturated heterocycles. The number of amides is 1. The van der Waals surface area contributed by atoms with Crippen LogP contribution in [0.5, 0.6) is 0 Å². The smallest absolute Gasteiger partial charge is 0.337 e. The number of carbonyl (C=O) groups is 2. The molecule has 1 amide bonds. The predicted octanol–water partition coefficient (Wildman–Crippen LogP) is 0.942. The summed E-state index contributed by atoms with van der Waals surface area (Å²) in [5.74, 6) is -1.44. The fourth-order valence-corrected chi connectivity index (χ4v) is 1.26. The second-order valence-electron chi connectivity index (χ2n) is 3.40. The molecular formula is C11H14N2O4. The van der Waals surface area contributed by atoms with Crippen LogP contribution >= 0.6 is 0 Å². The van der Waals surface area contributed by atoms with Crippen LogP contribution in [-0.2, 0) is 9.53 Å². The van der Waals surface area contributed by atoms with Crippen molar-refractivity contribution in [3.05, 3.63) is 23.8 Å². The average molecular weight is 238 g/mol. The lowest BCUT2D eigenvalue weighted by Crippen LogP contribution is -2.16. The Kier molecular flexibility index (Phi) is 4.47. The molecule has 1 rings (SSSR count). The van der Waals surface area contributed by atoms with Gasteiger partial charge in [-0.1, -0.05) is 0 Å². The van der Waals surface area contributed by atoms with Crippen molar-refractivity contribution in [2.75, 3.05) is 24.8 Å². The largest absolute Gasteiger partial charge is 0.478 e. The first kappa shape index (κ1) is 13.0. The minimum absolute atomic E-state index is 0.00460. The van der Waals surface area contributed by atoms with Crippen molar-refractivity contribution in [2.45, 2.75) is 6.42 Å². The molecule has 92 valence electrons. The number of anilines is 2. The Morgan fingerprint density at radius 2 is 2.18 bits per heavy atom. The lowest BCUT2D eigenvalue weighted by molar-refractivity contribution is -0.117. The monoisotopic (exact) mass is 238 g/mol. The maximum Gasteiger partial charge on any atom is 0.337 e. The normalized spacial score (nSPS) is 9.94. The summed E-state index contributed by atoms with van der Waals surface area (Å²) in [6.45, 7) is 0.274. The Labute approximate surface area is 98.4 Å². The predicted molar refractivity (Wildman–Crippen MR) is 62.9 cm³/mol. The Balaban J connectivity index is 2.85. The van der Waals surface area contributed by atoms with Crippen LogP contribution in [0, 0.1) is 0 Å². The van der Waals surface area contributed by atoms with Gasteiger partial charge >= 0.3 is 5.97 Å². The summed E-state index contributed by atoms with van der Waals surface area (Å²) in [7, 11) is 1.48. The standard InChI is InChI=1S/C11H14N2O4/c1-17-5-4-10(14)13-9-6-7(12)2-3-8(9)11(15)16/h2-3,6H,4-5,12H2,1H3,(H,13,14)(H,15,16). The molecule has 0 heterocycles. The third-order valence-electron chi connectivity index (χ3n) is 2.08. The van der Waals surface area contributed by atoms with Gasteiger partial charge in [-0.3, -0.25) is 4.79 Å². The van der Waals surface area contributed by atoms with Gasteiger partial charge in [0.1, 0.15) is 0 Å². The van der Waals surface area contributed by atoms with Crippen LogP contribution in [-0.4, -0.2) is 30.7 Å². The van der Waals surface area contributed by atoms with Crippen LogP contribution in [0.25, 0.3) is 0 Å². The molecule has 0 spiro atoms. The molecule has 0 saturated carbocycles. The number of nitrogen functional groups attached to an aromatic ring is 1. The fraction of sp³-hybridized carbons (Fsp3) is 0.273. The van der Waals surface area contributed by atoms with Gasteiger partial charge < -0.3 is 20.9 Å². The summed E-state index contributed by atoms with van der Waals surface area (Å²) in [6.07, 6.45) is 0.157. The number of nitrogens with two attached hydrogens (primary N) is 1. The quantitative estimate of drug-likeness (QED) is 0.662. The van der Waals surface area contributed by atoms with Gasteiger partial charge in [-0.25, -0.2) is 4.79 Å². The molecule has 0 aliphatic carbocycles. The van der Waals surface area contributed by atoms with Crippen molar-refractivity contribution >= 4 is 23.3 Å². The van der Waals surface area contributed by atoms with E-state index in [1.54, 1.807) is 0 Å². The first-order valence-electron chi connectivity index (χ1n) is 4.96. The molecule has 0 unspecified atom stereocenters. The van der Waals surface area contributed by atoms with E-state index in [0.29, 0.717) is 5.69 Å². The van der Waals surface area contributed by atoms with Crippen molar-refractivity contribution < 1.29 is 19.4 Å². The molecule has 0 aliphatic heterocycles. The average Bonchev–Trinajstić information content (AvgIpc) is 2.26. The maximum atomic E-state index is 11.4. The van der Waals surface area contributed by atoms with Gasteiger partial charge in [0.25, 0.3) is 0 Å². The molecule has 0 radical (unpaired) electrons. The van der Waals surface area contributed by atoms with E-state index < -0.39 is 5.97 Å². The Bertz CT molecular complexity index is 431. The molecule has 6 nitrogen and oxygen atoms in total. The van der Waals surface area contributed by atoms with Gasteiger partial charge in [0, 0.05) is 12.8 Å². The van der Waals surface area contributed by atoms with Crippen molar-refractivity contribution in [3.63, 3.8) is 0 Å². The van der Waals surface area contributed by atoms with Crippen LogP contribution in [0.1, 0.15) is 16.8 Å². The molecule has 17 heavy (non-hydrogen) atoms. The summed E-state index contributed by atoms with van der Waals surface area (Å²) in [6, 6.07) is 4.23. The molecule has 4 N–H and O–H groups in total. The maximum absolute atomic E-state index is 11.4. The first-order chi connectivity index (χ1) is 8.04. The Morgan fingerprint density at radius 3 is 2.76 bits per heavy atom. The molecule has 0 atom stereocenters. The van der Waals surface area contributed by atoms with Crippen LogP contribution in [0.15, 0.2) is 18.2 Å². The molecule has 0 bridgehead atoms. The van der Waals surface area contributed by atoms with Gasteiger partial charge in [0.2, 0.25) is 5.91 Å². The molecular weight excluding hydrogens is 224 g/mol. The zero-order valence-electron chi connectivity index (χ0n) is 9.40. The van der Waals surface area contributed by atoms with Crippen molar-refractivity contribution in [3.8, 4) is 0 Å². The third-order valence-corrected chi connectivity index (χ3v) is 2.08. The van der Waals surface area contributed by atoms with E-state index in [0.717, 1.165) is 0 Å². The number of benzene rings is 1. The lowest BCUT2D eigenvalue weighted by atomic mass is 10.1. The SMILES string of the molecule is COCCC(=O)Nc1cc(N)ccc1C(=O)O. The second-order valence-corrected chi connectivity index (χ2v) is 3.40. The zero-order chi connectivity index (χ0) is 12.8. The number of hydrogen-bond acceptors (Lipinski definition) is 4. The number of carboxylic acids is 1. The number of nitrogens with one attached hydrogen (secondary N) is 1. The van der Waals surface area contributed by atoms with Crippen molar-refractivity contribution in [1.82, 2.24) is 0 Å². The zero-order valence-corrected chi connectivity index (χ0v) is 9.40. The van der Waals surface area contributed by atoms with E-state index in [1.807, 2.05) is 0 Å². The number of carbonyl (C=O) groups excluding carboxylic acids is 1. The van der Waals surface area contributed by atoms with Gasteiger partial charge in [0.05, 0.1) is 24.3 Å². The number of ether oxygens (including phenoxy) is 1. The van der Waals surface area contributed by atoms with Crippen LogP contribution in [0.2, 0.25) is 0 Å². The number of rotatable bonds is 5. The van der Waals surface area contributed by atoms with Gasteiger partial charge in [0.15, 0.2) is 0 Å². The first-order valence-corrected chi connectivity index (χ1v) is 4.96. The summed E-state index contributed by atoms with van der Waals surface area (Å²) in [5, 5.41) is 11.4. The topological polar surface area (TPSA) is 102 Å². The summed E-state index contributed by atoms with van der Waals surface area (Å²) >= 11 is 0. The highest BCUT2D eigenvalue weighted by molar-refractivity contribution is 6.01. The summed E-state index contributed by atoms with van der Waals surface area (Å²) in [5.41, 5.74) is 6.12. The van der Waals surface area contributed by atoms with Crippen molar-refractivity contribution in [2.24, 2.45) is 0 Å². The van der Waals surface area contributed by atoms with E-state index in [-0.39, 0.29) is 30.2 Å². The highest BCUT2D eigenvalue weighted by Crippen LogP contribution is 2.19. The van der Waals surface area contributed by atoms with Crippen LogP contribution in [0.3, 0.4) is 0 Å². The highest BCUT2D eigenvalue weighted by atomic mass is 16.5. The van der Waals surface area contributed by atoms with E-state index in [1.165, 1.54) is 25.3 Å². The highest BCUT2D eigenvalue weighted by Gasteiger charge is 2.12. The molecule has 0 aromatic heterocycles. The molecule has 6 heteroatoms. The molecule has 1 aromatic rings. The minimum Gasteiger partial charge on any atom is -0.478 e. The van der Waals surface area contributed by atoms with Crippen LogP contribution in [0.4, 0.5) is 11.4 Å². The molecule has 0 fully saturated rings. The van der Waals surface area contributed by atoms with E-state index in [4.69, 9.17) is 15.6 Å². The van der Waals surface area contributed by atoms with E-state index >= 15 is 0 Å². The van der Waals surface area contributed by atoms with E-state index in [9.17, 15) is 9.59 Å². The number of carboxylic acid groups (broad SMARTS) is 1. The summed E-state index contributed by atoms with van der Waals surface area (Å²) < 4.78 is 4.75. The van der Waals surface area contributed by atoms with E-state index in [2.05, 4.69) is 5.32 Å². The van der Waals surface area contributed by atoms with Gasteiger partial charge in [-0.15, -0.1) is 0 Å². The molecule has 1 aromatic carbocycles. The number of aromatic carboxylic acids is 1. The van der Waals surface area contributed by atoms with Crippen LogP contribution < -0.4 is 11.1 Å². The lowest BCUT2D eigenvalue weighted by Gasteiger charge is -2.09. The second kappa shape index (κ2) is 5.86. The fourth-order valence-electron chi connectivity index (χ4n) is 1.26. The summed E-state index contributed by atoms with van der Waals surface area (Å²) in [4.78, 5) is 22.3. The van der Waals surface area contributed by atoms with Crippen molar-refractivity contribution in [1.29, 1.82) is 0 Å². The minimum atomic E-state index is -1.12. The van der Waals surface area contributed by atoms with Gasteiger partial charge in [-0.2, -0.15) is 0 Å². The molecule has 0 aliphatic rings. The number of hydrogen-bond donors (Lipinski definition) is 3. The third kappa shape index (κ3) is 3.76.